The predicted octanol–water partition coefficient (Wildman–Crippen LogP) is -5.05. The average Bonchev–Trinajstić information content (AvgIpc) is 3.32. The molecule has 2 aromatic heterocycles. The standard InChI is InChI=1S/C15H21N5O9/c16-14-18-12-6(13(27)19-14)17-3-20(12)15(10(26)8(24)5(2-22)29-15)11-9(25)7(23)4(1-21)28-11/h3-5,7-11,21-26H,1-2H2,(H3,16,18,19,27)/t4-,5-,7-,8-,9+,10-,11?,15+/m1/s1. The second kappa shape index (κ2) is 6.96. The van der Waals surface area contributed by atoms with Gasteiger partial charge in [-0.3, -0.25) is 14.3 Å². The van der Waals surface area contributed by atoms with Gasteiger partial charge in [0.15, 0.2) is 11.2 Å². The molecule has 0 aliphatic carbocycles. The summed E-state index contributed by atoms with van der Waals surface area (Å²) in [6.45, 7) is -1.35. The summed E-state index contributed by atoms with van der Waals surface area (Å²) >= 11 is 0. The maximum absolute atomic E-state index is 12.1. The highest BCUT2D eigenvalue weighted by Crippen LogP contribution is 2.45. The Balaban J connectivity index is 1.95. The van der Waals surface area contributed by atoms with Gasteiger partial charge in [0, 0.05) is 0 Å². The summed E-state index contributed by atoms with van der Waals surface area (Å²) in [6.07, 6.45) is -9.66. The summed E-state index contributed by atoms with van der Waals surface area (Å²) < 4.78 is 12.4. The van der Waals surface area contributed by atoms with Gasteiger partial charge in [0.25, 0.3) is 5.56 Å². The van der Waals surface area contributed by atoms with Crippen molar-refractivity contribution in [3.63, 3.8) is 0 Å². The summed E-state index contributed by atoms with van der Waals surface area (Å²) in [5.74, 6) is -0.271. The number of nitrogen functional groups attached to an aromatic ring is 1. The van der Waals surface area contributed by atoms with Gasteiger partial charge in [-0.05, 0) is 0 Å². The Morgan fingerprint density at radius 3 is 2.41 bits per heavy atom. The van der Waals surface area contributed by atoms with Crippen LogP contribution in [0.5, 0.6) is 0 Å². The fourth-order valence-corrected chi connectivity index (χ4v) is 3.97. The zero-order chi connectivity index (χ0) is 21.1. The van der Waals surface area contributed by atoms with Crippen molar-refractivity contribution in [2.45, 2.75) is 48.5 Å². The van der Waals surface area contributed by atoms with Gasteiger partial charge < -0.3 is 45.8 Å². The Morgan fingerprint density at radius 1 is 1.14 bits per heavy atom. The lowest BCUT2D eigenvalue weighted by Crippen LogP contribution is -2.58. The van der Waals surface area contributed by atoms with Crippen LogP contribution in [0.25, 0.3) is 11.2 Å². The monoisotopic (exact) mass is 415 g/mol. The molecule has 4 rings (SSSR count). The lowest BCUT2D eigenvalue weighted by Gasteiger charge is -2.39. The number of H-pyrrole nitrogens is 1. The number of fused-ring (bicyclic) bond motifs is 1. The van der Waals surface area contributed by atoms with E-state index in [1.165, 1.54) is 0 Å². The van der Waals surface area contributed by atoms with E-state index in [-0.39, 0.29) is 17.1 Å². The molecule has 2 fully saturated rings. The van der Waals surface area contributed by atoms with Crippen LogP contribution in [0.4, 0.5) is 5.95 Å². The zero-order valence-electron chi connectivity index (χ0n) is 14.9. The fraction of sp³-hybridized carbons (Fsp3) is 0.667. The molecule has 2 aliphatic heterocycles. The van der Waals surface area contributed by atoms with Crippen molar-refractivity contribution >= 4 is 17.1 Å². The van der Waals surface area contributed by atoms with Crippen molar-refractivity contribution < 1.29 is 40.1 Å². The third kappa shape index (κ3) is 2.69. The van der Waals surface area contributed by atoms with Gasteiger partial charge in [0.1, 0.15) is 42.7 Å². The Labute approximate surface area is 161 Å². The molecule has 14 heteroatoms. The van der Waals surface area contributed by atoms with Crippen LogP contribution in [-0.2, 0) is 15.2 Å². The van der Waals surface area contributed by atoms with Crippen molar-refractivity contribution in [3.8, 4) is 0 Å². The summed E-state index contributed by atoms with van der Waals surface area (Å²) in [4.78, 5) is 22.3. The average molecular weight is 415 g/mol. The molecule has 9 N–H and O–H groups in total. The number of aromatic amines is 1. The number of aliphatic hydroxyl groups excluding tert-OH is 6. The molecule has 2 aliphatic rings. The first-order chi connectivity index (χ1) is 13.8. The number of nitrogens with one attached hydrogen (secondary N) is 1. The third-order valence-corrected chi connectivity index (χ3v) is 5.40. The lowest BCUT2D eigenvalue weighted by atomic mass is 9.92. The van der Waals surface area contributed by atoms with Gasteiger partial charge in [-0.2, -0.15) is 4.98 Å². The molecule has 0 bridgehead atoms. The first-order valence-corrected chi connectivity index (χ1v) is 8.76. The summed E-state index contributed by atoms with van der Waals surface area (Å²) in [7, 11) is 0. The maximum Gasteiger partial charge on any atom is 0.280 e. The van der Waals surface area contributed by atoms with Crippen LogP contribution in [-0.4, -0.2) is 106 Å². The van der Waals surface area contributed by atoms with E-state index in [9.17, 15) is 35.4 Å². The highest BCUT2D eigenvalue weighted by atomic mass is 16.6. The number of imidazole rings is 1. The van der Waals surface area contributed by atoms with E-state index < -0.39 is 67.2 Å². The minimum Gasteiger partial charge on any atom is -0.394 e. The molecule has 0 aromatic carbocycles. The molecule has 8 atom stereocenters. The van der Waals surface area contributed by atoms with Crippen LogP contribution in [0.1, 0.15) is 0 Å². The fourth-order valence-electron chi connectivity index (χ4n) is 3.97. The van der Waals surface area contributed by atoms with Gasteiger partial charge in [0.05, 0.1) is 19.5 Å². The molecule has 4 heterocycles. The normalized spacial score (nSPS) is 40.1. The van der Waals surface area contributed by atoms with Gasteiger partial charge in [-0.25, -0.2) is 4.98 Å². The number of ether oxygens (including phenoxy) is 2. The second-order valence-corrected chi connectivity index (χ2v) is 7.02. The van der Waals surface area contributed by atoms with Crippen LogP contribution in [0.15, 0.2) is 11.1 Å². The van der Waals surface area contributed by atoms with Crippen LogP contribution >= 0.6 is 0 Å². The Morgan fingerprint density at radius 2 is 1.83 bits per heavy atom. The van der Waals surface area contributed by atoms with E-state index in [1.807, 2.05) is 0 Å². The Bertz CT molecular complexity index is 965. The molecule has 2 saturated heterocycles. The van der Waals surface area contributed by atoms with Gasteiger partial charge in [-0.15, -0.1) is 0 Å². The smallest absolute Gasteiger partial charge is 0.280 e. The maximum atomic E-state index is 12.1. The number of nitrogens with two attached hydrogens (primary N) is 1. The number of anilines is 1. The van der Waals surface area contributed by atoms with E-state index in [0.717, 1.165) is 10.9 Å². The van der Waals surface area contributed by atoms with Gasteiger partial charge in [-0.1, -0.05) is 0 Å². The first-order valence-electron chi connectivity index (χ1n) is 8.76. The first kappa shape index (κ1) is 20.1. The number of hydrogen-bond donors (Lipinski definition) is 8. The molecule has 1 unspecified atom stereocenters. The molecule has 0 spiro atoms. The number of hydrogen-bond acceptors (Lipinski definition) is 12. The van der Waals surface area contributed by atoms with Crippen LogP contribution in [0.3, 0.4) is 0 Å². The third-order valence-electron chi connectivity index (χ3n) is 5.40. The lowest BCUT2D eigenvalue weighted by molar-refractivity contribution is -0.231. The minimum atomic E-state index is -2.17. The number of rotatable bonds is 4. The number of nitrogens with zero attached hydrogens (tertiary/aromatic N) is 3. The number of aromatic nitrogens is 4. The highest BCUT2D eigenvalue weighted by Gasteiger charge is 2.66. The second-order valence-electron chi connectivity index (χ2n) is 7.02. The molecule has 2 aromatic rings. The van der Waals surface area contributed by atoms with Crippen molar-refractivity contribution in [2.24, 2.45) is 0 Å². The molecular formula is C15H21N5O9. The van der Waals surface area contributed by atoms with E-state index in [2.05, 4.69) is 15.0 Å². The summed E-state index contributed by atoms with van der Waals surface area (Å²) in [5, 5.41) is 61.0. The number of aliphatic hydroxyl groups is 6. The topological polar surface area (TPSA) is 229 Å². The van der Waals surface area contributed by atoms with Crippen molar-refractivity contribution in [2.75, 3.05) is 18.9 Å². The van der Waals surface area contributed by atoms with E-state index in [4.69, 9.17) is 15.2 Å². The minimum absolute atomic E-state index is 0.158. The van der Waals surface area contributed by atoms with E-state index in [1.54, 1.807) is 0 Å². The van der Waals surface area contributed by atoms with Gasteiger partial charge >= 0.3 is 0 Å². The Kier molecular flexibility index (Phi) is 4.83. The van der Waals surface area contributed by atoms with Gasteiger partial charge in [0.2, 0.25) is 11.7 Å². The Hall–Kier alpha value is -2.17. The van der Waals surface area contributed by atoms with Crippen LogP contribution < -0.4 is 11.3 Å². The molecule has 29 heavy (non-hydrogen) atoms. The van der Waals surface area contributed by atoms with Crippen LogP contribution in [0.2, 0.25) is 0 Å². The quantitative estimate of drug-likeness (QED) is 0.234. The van der Waals surface area contributed by atoms with E-state index in [0.29, 0.717) is 0 Å². The summed E-state index contributed by atoms with van der Waals surface area (Å²) in [5.41, 5.74) is 2.41. The zero-order valence-corrected chi connectivity index (χ0v) is 14.9. The molecule has 160 valence electrons. The molecule has 14 nitrogen and oxygen atoms in total. The summed E-state index contributed by atoms with van der Waals surface area (Å²) in [6, 6.07) is 0. The molecule has 0 amide bonds. The molecular weight excluding hydrogens is 394 g/mol. The molecule has 0 saturated carbocycles. The highest BCUT2D eigenvalue weighted by molar-refractivity contribution is 5.71. The predicted molar refractivity (Wildman–Crippen MR) is 92.3 cm³/mol. The largest absolute Gasteiger partial charge is 0.394 e. The van der Waals surface area contributed by atoms with E-state index >= 15 is 0 Å². The van der Waals surface area contributed by atoms with Crippen molar-refractivity contribution in [3.05, 3.63) is 16.7 Å². The van der Waals surface area contributed by atoms with Crippen LogP contribution in [0, 0.1) is 0 Å². The van der Waals surface area contributed by atoms with Crippen molar-refractivity contribution in [1.29, 1.82) is 0 Å². The van der Waals surface area contributed by atoms with Crippen molar-refractivity contribution in [1.82, 2.24) is 19.5 Å². The molecule has 0 radical (unpaired) electrons. The SMILES string of the molecule is Nc1nc2c(ncn2[C@]2(C3O[C@H](CO)[C@@H](O)[C@@H]3O)O[C@H](CO)[C@@H](O)[C@H]2O)c(=O)[nH]1.